The standard InChI is InChI=1S/C24H35N3O3/c28-22(26-15-17-30-18-16-26)21(20-7-3-1-4-8-20)19-25-23(29)27-13-11-24(12-14-27)9-5-2-6-10-24/h1,3-4,7-8,21H,2,5-6,9-19H2,(H,25,29). The number of benzene rings is 1. The van der Waals surface area contributed by atoms with Gasteiger partial charge in [-0.3, -0.25) is 4.79 Å². The minimum Gasteiger partial charge on any atom is -0.378 e. The molecule has 1 aromatic rings. The van der Waals surface area contributed by atoms with Gasteiger partial charge in [0, 0.05) is 32.7 Å². The van der Waals surface area contributed by atoms with Crippen molar-refractivity contribution in [1.82, 2.24) is 15.1 Å². The van der Waals surface area contributed by atoms with E-state index in [-0.39, 0.29) is 17.9 Å². The first kappa shape index (κ1) is 21.2. The van der Waals surface area contributed by atoms with Crippen molar-refractivity contribution in [2.45, 2.75) is 50.9 Å². The lowest BCUT2D eigenvalue weighted by atomic mass is 9.68. The lowest BCUT2D eigenvalue weighted by Crippen LogP contribution is -2.50. The predicted octanol–water partition coefficient (Wildman–Crippen LogP) is 3.38. The zero-order valence-electron chi connectivity index (χ0n) is 18.0. The fourth-order valence-electron chi connectivity index (χ4n) is 5.32. The Kier molecular flexibility index (Phi) is 6.93. The number of carbonyl (C=O) groups excluding carboxylic acids is 2. The van der Waals surface area contributed by atoms with Gasteiger partial charge in [0.1, 0.15) is 0 Å². The molecule has 4 rings (SSSR count). The van der Waals surface area contributed by atoms with E-state index in [1.165, 1.54) is 32.1 Å². The molecule has 6 heteroatoms. The average molecular weight is 414 g/mol. The van der Waals surface area contributed by atoms with Crippen LogP contribution in [-0.4, -0.2) is 67.7 Å². The SMILES string of the molecule is O=C(NCC(C(=O)N1CCOCC1)c1ccccc1)N1CCC2(CCCCC2)CC1. The minimum atomic E-state index is -0.359. The van der Waals surface area contributed by atoms with Gasteiger partial charge in [-0.1, -0.05) is 49.6 Å². The van der Waals surface area contributed by atoms with E-state index >= 15 is 0 Å². The second kappa shape index (κ2) is 9.82. The Morgan fingerprint density at radius 1 is 0.900 bits per heavy atom. The van der Waals surface area contributed by atoms with Gasteiger partial charge in [0.25, 0.3) is 0 Å². The smallest absolute Gasteiger partial charge is 0.317 e. The van der Waals surface area contributed by atoms with Crippen LogP contribution < -0.4 is 5.32 Å². The predicted molar refractivity (Wildman–Crippen MR) is 116 cm³/mol. The van der Waals surface area contributed by atoms with Crippen molar-refractivity contribution in [2.75, 3.05) is 45.9 Å². The van der Waals surface area contributed by atoms with Crippen LogP contribution in [0.1, 0.15) is 56.4 Å². The van der Waals surface area contributed by atoms with Crippen molar-refractivity contribution >= 4 is 11.9 Å². The molecule has 3 amide bonds. The van der Waals surface area contributed by atoms with E-state index in [0.29, 0.717) is 38.3 Å². The number of hydrogen-bond donors (Lipinski definition) is 1. The third-order valence-electron chi connectivity index (χ3n) is 7.31. The van der Waals surface area contributed by atoms with Crippen molar-refractivity contribution in [2.24, 2.45) is 5.41 Å². The van der Waals surface area contributed by atoms with Gasteiger partial charge in [0.15, 0.2) is 0 Å². The number of urea groups is 1. The van der Waals surface area contributed by atoms with Gasteiger partial charge in [-0.05, 0) is 36.7 Å². The summed E-state index contributed by atoms with van der Waals surface area (Å²) in [4.78, 5) is 29.9. The van der Waals surface area contributed by atoms with E-state index in [0.717, 1.165) is 31.5 Å². The normalized spacial score (nSPS) is 22.5. The lowest BCUT2D eigenvalue weighted by Gasteiger charge is -2.44. The van der Waals surface area contributed by atoms with Crippen LogP contribution >= 0.6 is 0 Å². The largest absolute Gasteiger partial charge is 0.378 e. The molecule has 1 spiro atoms. The summed E-state index contributed by atoms with van der Waals surface area (Å²) in [6.07, 6.45) is 8.94. The molecule has 3 aliphatic rings. The quantitative estimate of drug-likeness (QED) is 0.823. The van der Waals surface area contributed by atoms with E-state index < -0.39 is 0 Å². The maximum absolute atomic E-state index is 13.2. The highest BCUT2D eigenvalue weighted by molar-refractivity contribution is 5.85. The Morgan fingerprint density at radius 2 is 1.57 bits per heavy atom. The maximum atomic E-state index is 13.2. The second-order valence-corrected chi connectivity index (χ2v) is 9.13. The Labute approximate surface area is 179 Å². The number of nitrogens with one attached hydrogen (secondary N) is 1. The molecular weight excluding hydrogens is 378 g/mol. The number of rotatable bonds is 4. The molecule has 30 heavy (non-hydrogen) atoms. The first-order valence-electron chi connectivity index (χ1n) is 11.6. The number of likely N-dealkylation sites (tertiary alicyclic amines) is 1. The molecule has 1 aliphatic carbocycles. The molecule has 2 saturated heterocycles. The topological polar surface area (TPSA) is 61.9 Å². The van der Waals surface area contributed by atoms with Crippen LogP contribution in [0.2, 0.25) is 0 Å². The van der Waals surface area contributed by atoms with Gasteiger partial charge >= 0.3 is 6.03 Å². The molecule has 2 aliphatic heterocycles. The first-order valence-corrected chi connectivity index (χ1v) is 11.6. The number of piperidine rings is 1. The zero-order chi connectivity index (χ0) is 20.8. The molecular formula is C24H35N3O3. The minimum absolute atomic E-state index is 0.0311. The molecule has 1 unspecified atom stereocenters. The molecule has 0 radical (unpaired) electrons. The summed E-state index contributed by atoms with van der Waals surface area (Å²) in [6, 6.07) is 9.77. The third kappa shape index (κ3) is 4.97. The summed E-state index contributed by atoms with van der Waals surface area (Å²) in [5.74, 6) is -0.285. The summed E-state index contributed by atoms with van der Waals surface area (Å²) in [5.41, 5.74) is 1.43. The third-order valence-corrected chi connectivity index (χ3v) is 7.31. The van der Waals surface area contributed by atoms with Crippen molar-refractivity contribution in [1.29, 1.82) is 0 Å². The Bertz CT molecular complexity index is 702. The zero-order valence-corrected chi connectivity index (χ0v) is 18.0. The van der Waals surface area contributed by atoms with Crippen LogP contribution in [0.5, 0.6) is 0 Å². The molecule has 1 N–H and O–H groups in total. The summed E-state index contributed by atoms with van der Waals surface area (Å²) in [5, 5.41) is 3.07. The fourth-order valence-corrected chi connectivity index (χ4v) is 5.32. The summed E-state index contributed by atoms with van der Waals surface area (Å²) in [7, 11) is 0. The van der Waals surface area contributed by atoms with Crippen molar-refractivity contribution in [3.05, 3.63) is 35.9 Å². The van der Waals surface area contributed by atoms with Gasteiger partial charge in [-0.15, -0.1) is 0 Å². The van der Waals surface area contributed by atoms with Crippen LogP contribution in [0.4, 0.5) is 4.79 Å². The monoisotopic (exact) mass is 413 g/mol. The fraction of sp³-hybridized carbons (Fsp3) is 0.667. The Hall–Kier alpha value is -2.08. The molecule has 2 heterocycles. The molecule has 0 bridgehead atoms. The summed E-state index contributed by atoms with van der Waals surface area (Å²) < 4.78 is 5.39. The molecule has 3 fully saturated rings. The van der Waals surface area contributed by atoms with Gasteiger partial charge < -0.3 is 19.9 Å². The van der Waals surface area contributed by atoms with E-state index in [9.17, 15) is 9.59 Å². The van der Waals surface area contributed by atoms with E-state index in [1.807, 2.05) is 40.1 Å². The van der Waals surface area contributed by atoms with E-state index in [1.54, 1.807) is 0 Å². The lowest BCUT2D eigenvalue weighted by molar-refractivity contribution is -0.136. The number of hydrogen-bond acceptors (Lipinski definition) is 3. The van der Waals surface area contributed by atoms with Crippen LogP contribution in [0.3, 0.4) is 0 Å². The van der Waals surface area contributed by atoms with E-state index in [4.69, 9.17) is 4.74 Å². The number of morpholine rings is 1. The molecule has 6 nitrogen and oxygen atoms in total. The number of carbonyl (C=O) groups is 2. The van der Waals surface area contributed by atoms with Crippen LogP contribution in [0.25, 0.3) is 0 Å². The van der Waals surface area contributed by atoms with Gasteiger partial charge in [-0.2, -0.15) is 0 Å². The van der Waals surface area contributed by atoms with Crippen molar-refractivity contribution < 1.29 is 14.3 Å². The molecule has 1 saturated carbocycles. The first-order chi connectivity index (χ1) is 14.7. The highest BCUT2D eigenvalue weighted by Crippen LogP contribution is 2.44. The van der Waals surface area contributed by atoms with E-state index in [2.05, 4.69) is 5.32 Å². The number of amides is 3. The molecule has 1 aromatic carbocycles. The van der Waals surface area contributed by atoms with Gasteiger partial charge in [-0.25, -0.2) is 4.79 Å². The second-order valence-electron chi connectivity index (χ2n) is 9.13. The number of ether oxygens (including phenoxy) is 1. The van der Waals surface area contributed by atoms with Crippen LogP contribution in [-0.2, 0) is 9.53 Å². The highest BCUT2D eigenvalue weighted by Gasteiger charge is 2.37. The molecule has 1 atom stereocenters. The van der Waals surface area contributed by atoms with Gasteiger partial charge in [0.05, 0.1) is 19.1 Å². The van der Waals surface area contributed by atoms with Crippen molar-refractivity contribution in [3.63, 3.8) is 0 Å². The number of nitrogens with zero attached hydrogens (tertiary/aromatic N) is 2. The maximum Gasteiger partial charge on any atom is 0.317 e. The molecule has 0 aromatic heterocycles. The average Bonchev–Trinajstić information content (AvgIpc) is 2.81. The van der Waals surface area contributed by atoms with Crippen molar-refractivity contribution in [3.8, 4) is 0 Å². The van der Waals surface area contributed by atoms with Gasteiger partial charge in [0.2, 0.25) is 5.91 Å². The summed E-state index contributed by atoms with van der Waals surface area (Å²) in [6.45, 7) is 4.39. The highest BCUT2D eigenvalue weighted by atomic mass is 16.5. The Balaban J connectivity index is 1.35. The summed E-state index contributed by atoms with van der Waals surface area (Å²) >= 11 is 0. The Morgan fingerprint density at radius 3 is 2.23 bits per heavy atom. The van der Waals surface area contributed by atoms with Crippen LogP contribution in [0.15, 0.2) is 30.3 Å². The molecule has 164 valence electrons. The van der Waals surface area contributed by atoms with Crippen LogP contribution in [0, 0.1) is 5.41 Å².